The third kappa shape index (κ3) is 3.20. The van der Waals surface area contributed by atoms with Crippen LogP contribution >= 0.6 is 0 Å². The minimum atomic E-state index is -0.593. The van der Waals surface area contributed by atoms with E-state index in [1.54, 1.807) is 4.90 Å². The number of likely N-dealkylation sites (tertiary alicyclic amines) is 2. The van der Waals surface area contributed by atoms with Gasteiger partial charge >= 0.3 is 5.69 Å². The molecule has 26 heavy (non-hydrogen) atoms. The van der Waals surface area contributed by atoms with Gasteiger partial charge in [0.1, 0.15) is 6.54 Å². The Balaban J connectivity index is 1.43. The van der Waals surface area contributed by atoms with Crippen LogP contribution in [0.5, 0.6) is 0 Å². The lowest BCUT2D eigenvalue weighted by molar-refractivity contribution is -0.146. The number of piperidine rings is 1. The minimum Gasteiger partial charge on any atom is -0.342 e. The third-order valence-corrected chi connectivity index (χ3v) is 5.91. The van der Waals surface area contributed by atoms with Crippen molar-refractivity contribution in [3.63, 3.8) is 0 Å². The second-order valence-corrected chi connectivity index (χ2v) is 7.88. The first-order valence-corrected chi connectivity index (χ1v) is 9.34. The molecule has 8 heteroatoms. The highest BCUT2D eigenvalue weighted by atomic mass is 16.2. The number of amides is 2. The highest BCUT2D eigenvalue weighted by Gasteiger charge is 2.49. The number of hydrogen-bond acceptors (Lipinski definition) is 4. The molecule has 4 rings (SSSR count). The van der Waals surface area contributed by atoms with Gasteiger partial charge in [-0.05, 0) is 38.0 Å². The van der Waals surface area contributed by atoms with Crippen LogP contribution in [0.4, 0.5) is 0 Å². The average molecular weight is 360 g/mol. The fraction of sp³-hybridized carbons (Fsp3) is 0.667. The summed E-state index contributed by atoms with van der Waals surface area (Å²) in [5.41, 5.74) is -1.52. The predicted octanol–water partition coefficient (Wildman–Crippen LogP) is -0.212. The summed E-state index contributed by atoms with van der Waals surface area (Å²) in [6.07, 6.45) is 6.27. The SMILES string of the molecule is O=C(Cn1ccc(=O)[nH]c1=O)N1CC[C@]2(CCCN(CC3CC3)C2=O)C1. The quantitative estimate of drug-likeness (QED) is 0.804. The van der Waals surface area contributed by atoms with Gasteiger partial charge < -0.3 is 9.80 Å². The Hall–Kier alpha value is -2.38. The van der Waals surface area contributed by atoms with Crippen molar-refractivity contribution >= 4 is 11.8 Å². The summed E-state index contributed by atoms with van der Waals surface area (Å²) in [5, 5.41) is 0. The zero-order valence-electron chi connectivity index (χ0n) is 14.8. The fourth-order valence-electron chi connectivity index (χ4n) is 4.22. The molecule has 2 amide bonds. The molecule has 1 aromatic heterocycles. The van der Waals surface area contributed by atoms with Gasteiger partial charge in [-0.25, -0.2) is 4.79 Å². The molecule has 1 spiro atoms. The number of carbonyl (C=O) groups is 2. The number of aromatic nitrogens is 2. The molecular formula is C18H24N4O4. The Morgan fingerprint density at radius 1 is 1.19 bits per heavy atom. The summed E-state index contributed by atoms with van der Waals surface area (Å²) < 4.78 is 1.19. The molecule has 1 aromatic rings. The molecular weight excluding hydrogens is 336 g/mol. The Kier molecular flexibility index (Phi) is 4.20. The van der Waals surface area contributed by atoms with E-state index in [9.17, 15) is 19.2 Å². The first-order valence-electron chi connectivity index (χ1n) is 9.34. The molecule has 3 fully saturated rings. The maximum absolute atomic E-state index is 13.0. The first kappa shape index (κ1) is 17.1. The van der Waals surface area contributed by atoms with Crippen molar-refractivity contribution in [2.24, 2.45) is 11.3 Å². The zero-order valence-corrected chi connectivity index (χ0v) is 14.8. The van der Waals surface area contributed by atoms with Crippen molar-refractivity contribution in [1.82, 2.24) is 19.4 Å². The van der Waals surface area contributed by atoms with Crippen LogP contribution in [0.15, 0.2) is 21.9 Å². The molecule has 1 aliphatic carbocycles. The van der Waals surface area contributed by atoms with Gasteiger partial charge in [0.05, 0.1) is 5.41 Å². The van der Waals surface area contributed by atoms with E-state index in [1.807, 2.05) is 4.90 Å². The average Bonchev–Trinajstić information content (AvgIpc) is 3.32. The molecule has 0 unspecified atom stereocenters. The molecule has 0 aromatic carbocycles. The van der Waals surface area contributed by atoms with Crippen LogP contribution in [-0.4, -0.2) is 57.3 Å². The highest BCUT2D eigenvalue weighted by molar-refractivity contribution is 5.86. The lowest BCUT2D eigenvalue weighted by Gasteiger charge is -2.39. The van der Waals surface area contributed by atoms with E-state index in [0.717, 1.165) is 25.9 Å². The summed E-state index contributed by atoms with van der Waals surface area (Å²) in [4.78, 5) is 54.4. The Labute approximate surface area is 150 Å². The van der Waals surface area contributed by atoms with Gasteiger partial charge in [-0.15, -0.1) is 0 Å². The summed E-state index contributed by atoms with van der Waals surface area (Å²) >= 11 is 0. The zero-order chi connectivity index (χ0) is 18.3. The summed E-state index contributed by atoms with van der Waals surface area (Å²) in [6.45, 7) is 2.55. The maximum Gasteiger partial charge on any atom is 0.328 e. The molecule has 1 saturated carbocycles. The van der Waals surface area contributed by atoms with Crippen molar-refractivity contribution in [2.45, 2.75) is 38.6 Å². The Bertz CT molecular complexity index is 840. The van der Waals surface area contributed by atoms with Crippen LogP contribution in [-0.2, 0) is 16.1 Å². The lowest BCUT2D eigenvalue weighted by Crippen LogP contribution is -2.51. The lowest BCUT2D eigenvalue weighted by atomic mass is 9.78. The van der Waals surface area contributed by atoms with Gasteiger partial charge in [0.25, 0.3) is 5.56 Å². The van der Waals surface area contributed by atoms with E-state index in [-0.39, 0.29) is 18.4 Å². The topological polar surface area (TPSA) is 95.5 Å². The van der Waals surface area contributed by atoms with Crippen molar-refractivity contribution in [3.05, 3.63) is 33.1 Å². The molecule has 3 heterocycles. The predicted molar refractivity (Wildman–Crippen MR) is 93.5 cm³/mol. The summed E-state index contributed by atoms with van der Waals surface area (Å²) in [7, 11) is 0. The molecule has 1 N–H and O–H groups in total. The van der Waals surface area contributed by atoms with E-state index < -0.39 is 16.7 Å². The molecule has 8 nitrogen and oxygen atoms in total. The number of nitrogens with zero attached hydrogens (tertiary/aromatic N) is 3. The number of carbonyl (C=O) groups excluding carboxylic acids is 2. The highest BCUT2D eigenvalue weighted by Crippen LogP contribution is 2.41. The van der Waals surface area contributed by atoms with E-state index >= 15 is 0 Å². The largest absolute Gasteiger partial charge is 0.342 e. The summed E-state index contributed by atoms with van der Waals surface area (Å²) in [6, 6.07) is 1.22. The number of hydrogen-bond donors (Lipinski definition) is 1. The Morgan fingerprint density at radius 2 is 2.00 bits per heavy atom. The van der Waals surface area contributed by atoms with Crippen LogP contribution in [0.1, 0.15) is 32.1 Å². The normalized spacial score (nSPS) is 25.9. The van der Waals surface area contributed by atoms with Crippen molar-refractivity contribution in [2.75, 3.05) is 26.2 Å². The van der Waals surface area contributed by atoms with Crippen LogP contribution in [0, 0.1) is 11.3 Å². The van der Waals surface area contributed by atoms with Crippen molar-refractivity contribution in [1.29, 1.82) is 0 Å². The van der Waals surface area contributed by atoms with Crippen LogP contribution < -0.4 is 11.2 Å². The van der Waals surface area contributed by atoms with Gasteiger partial charge in [0.2, 0.25) is 11.8 Å². The van der Waals surface area contributed by atoms with Gasteiger partial charge in [-0.3, -0.25) is 23.9 Å². The van der Waals surface area contributed by atoms with E-state index in [2.05, 4.69) is 4.98 Å². The number of H-pyrrole nitrogens is 1. The van der Waals surface area contributed by atoms with Crippen molar-refractivity contribution < 1.29 is 9.59 Å². The molecule has 0 radical (unpaired) electrons. The van der Waals surface area contributed by atoms with Gasteiger partial charge in [-0.2, -0.15) is 0 Å². The molecule has 1 atom stereocenters. The van der Waals surface area contributed by atoms with E-state index in [0.29, 0.717) is 25.4 Å². The maximum atomic E-state index is 13.0. The smallest absolute Gasteiger partial charge is 0.328 e. The molecule has 3 aliphatic rings. The standard InChI is InChI=1S/C18H24N4O4/c23-14-4-8-21(17(26)19-14)11-15(24)22-9-6-18(12-22)5-1-7-20(16(18)25)10-13-2-3-13/h4,8,13H,1-3,5-7,9-12H2,(H,19,23,26)/t18-/m1/s1. The third-order valence-electron chi connectivity index (χ3n) is 5.91. The number of nitrogens with one attached hydrogen (secondary N) is 1. The number of rotatable bonds is 4. The first-order chi connectivity index (χ1) is 12.5. The van der Waals surface area contributed by atoms with Gasteiger partial charge in [0.15, 0.2) is 0 Å². The summed E-state index contributed by atoms with van der Waals surface area (Å²) in [5.74, 6) is 0.677. The van der Waals surface area contributed by atoms with Gasteiger partial charge in [-0.1, -0.05) is 0 Å². The van der Waals surface area contributed by atoms with Crippen molar-refractivity contribution in [3.8, 4) is 0 Å². The molecule has 0 bridgehead atoms. The Morgan fingerprint density at radius 3 is 2.73 bits per heavy atom. The monoisotopic (exact) mass is 360 g/mol. The van der Waals surface area contributed by atoms with Crippen LogP contribution in [0.2, 0.25) is 0 Å². The second kappa shape index (κ2) is 6.41. The minimum absolute atomic E-state index is 0.119. The van der Waals surface area contributed by atoms with Gasteiger partial charge in [0, 0.05) is 38.4 Å². The fourth-order valence-corrected chi connectivity index (χ4v) is 4.22. The molecule has 2 saturated heterocycles. The van der Waals surface area contributed by atoms with Crippen LogP contribution in [0.3, 0.4) is 0 Å². The van der Waals surface area contributed by atoms with E-state index in [4.69, 9.17) is 0 Å². The van der Waals surface area contributed by atoms with E-state index in [1.165, 1.54) is 29.7 Å². The number of aromatic amines is 1. The van der Waals surface area contributed by atoms with Crippen LogP contribution in [0.25, 0.3) is 0 Å². The molecule has 2 aliphatic heterocycles. The molecule has 140 valence electrons. The second-order valence-electron chi connectivity index (χ2n) is 7.88.